The molecule has 112 valence electrons. The quantitative estimate of drug-likeness (QED) is 0.839. The van der Waals surface area contributed by atoms with Gasteiger partial charge in [0.1, 0.15) is 6.33 Å². The lowest BCUT2D eigenvalue weighted by Gasteiger charge is -2.31. The van der Waals surface area contributed by atoms with Gasteiger partial charge in [-0.05, 0) is 25.3 Å². The summed E-state index contributed by atoms with van der Waals surface area (Å²) in [5.41, 5.74) is 0.959. The molecule has 6 nitrogen and oxygen atoms in total. The maximum absolute atomic E-state index is 12.0. The molecule has 1 fully saturated rings. The molecular formula is C13H22N4O2S. The van der Waals surface area contributed by atoms with Gasteiger partial charge in [-0.3, -0.25) is 0 Å². The lowest BCUT2D eigenvalue weighted by Crippen LogP contribution is -2.45. The van der Waals surface area contributed by atoms with Crippen LogP contribution in [0.2, 0.25) is 0 Å². The van der Waals surface area contributed by atoms with Gasteiger partial charge < -0.3 is 5.32 Å². The molecule has 1 aliphatic rings. The van der Waals surface area contributed by atoms with Gasteiger partial charge in [0.25, 0.3) is 0 Å². The van der Waals surface area contributed by atoms with Gasteiger partial charge in [0.05, 0.1) is 11.4 Å². The normalized spacial score (nSPS) is 18.2. The zero-order chi connectivity index (χ0) is 14.4. The SMILES string of the molecule is CCCS(=O)(=O)N1CCC(NCc2ccncn2)CC1. The smallest absolute Gasteiger partial charge is 0.214 e. The zero-order valence-corrected chi connectivity index (χ0v) is 12.6. The highest BCUT2D eigenvalue weighted by atomic mass is 32.2. The average Bonchev–Trinajstić information content (AvgIpc) is 2.47. The van der Waals surface area contributed by atoms with Gasteiger partial charge >= 0.3 is 0 Å². The van der Waals surface area contributed by atoms with E-state index in [1.165, 1.54) is 6.33 Å². The Kier molecular flexibility index (Phi) is 5.45. The van der Waals surface area contributed by atoms with E-state index < -0.39 is 10.0 Å². The Bertz CT molecular complexity index is 498. The predicted octanol–water partition coefficient (Wildman–Crippen LogP) is 0.770. The molecule has 0 amide bonds. The van der Waals surface area contributed by atoms with Crippen LogP contribution in [0.1, 0.15) is 31.9 Å². The Balaban J connectivity index is 1.77. The molecule has 2 rings (SSSR count). The zero-order valence-electron chi connectivity index (χ0n) is 11.8. The molecular weight excluding hydrogens is 276 g/mol. The minimum absolute atomic E-state index is 0.256. The van der Waals surface area contributed by atoms with Crippen molar-refractivity contribution < 1.29 is 8.42 Å². The molecule has 0 radical (unpaired) electrons. The van der Waals surface area contributed by atoms with E-state index in [0.717, 1.165) is 18.5 Å². The summed E-state index contributed by atoms with van der Waals surface area (Å²) in [5.74, 6) is 0.256. The number of sulfonamides is 1. The third-order valence-electron chi connectivity index (χ3n) is 3.52. The number of rotatable bonds is 6. The molecule has 2 heterocycles. The number of hydrogen-bond acceptors (Lipinski definition) is 5. The van der Waals surface area contributed by atoms with E-state index in [9.17, 15) is 8.42 Å². The molecule has 0 spiro atoms. The first-order valence-corrected chi connectivity index (χ1v) is 8.69. The van der Waals surface area contributed by atoms with Gasteiger partial charge in [-0.2, -0.15) is 0 Å². The molecule has 0 aromatic carbocycles. The number of piperidine rings is 1. The molecule has 1 aromatic rings. The van der Waals surface area contributed by atoms with Crippen LogP contribution in [0, 0.1) is 0 Å². The first kappa shape index (κ1) is 15.3. The second-order valence-electron chi connectivity index (χ2n) is 5.07. The van der Waals surface area contributed by atoms with E-state index in [1.807, 2.05) is 13.0 Å². The number of hydrogen-bond donors (Lipinski definition) is 1. The highest BCUT2D eigenvalue weighted by Gasteiger charge is 2.26. The van der Waals surface area contributed by atoms with E-state index in [-0.39, 0.29) is 5.75 Å². The Hall–Kier alpha value is -1.05. The van der Waals surface area contributed by atoms with Gasteiger partial charge in [-0.15, -0.1) is 0 Å². The molecule has 7 heteroatoms. The number of aromatic nitrogens is 2. The minimum atomic E-state index is -3.04. The molecule has 1 aromatic heterocycles. The van der Waals surface area contributed by atoms with Crippen LogP contribution >= 0.6 is 0 Å². The second kappa shape index (κ2) is 7.10. The molecule has 0 bridgehead atoms. The summed E-state index contributed by atoms with van der Waals surface area (Å²) >= 11 is 0. The fourth-order valence-corrected chi connectivity index (χ4v) is 3.94. The maximum Gasteiger partial charge on any atom is 0.214 e. The topological polar surface area (TPSA) is 75.2 Å². The van der Waals surface area contributed by atoms with Gasteiger partial charge in [0, 0.05) is 31.9 Å². The van der Waals surface area contributed by atoms with Crippen LogP contribution in [-0.2, 0) is 16.6 Å². The van der Waals surface area contributed by atoms with E-state index in [0.29, 0.717) is 32.1 Å². The van der Waals surface area contributed by atoms with E-state index in [4.69, 9.17) is 0 Å². The van der Waals surface area contributed by atoms with Crippen LogP contribution in [0.15, 0.2) is 18.6 Å². The predicted molar refractivity (Wildman–Crippen MR) is 77.5 cm³/mol. The lowest BCUT2D eigenvalue weighted by atomic mass is 10.1. The van der Waals surface area contributed by atoms with Crippen LogP contribution in [0.3, 0.4) is 0 Å². The molecule has 0 aliphatic carbocycles. The molecule has 0 atom stereocenters. The largest absolute Gasteiger partial charge is 0.308 e. The van der Waals surface area contributed by atoms with Gasteiger partial charge in [0.15, 0.2) is 0 Å². The van der Waals surface area contributed by atoms with Crippen molar-refractivity contribution in [2.24, 2.45) is 0 Å². The lowest BCUT2D eigenvalue weighted by molar-refractivity contribution is 0.288. The number of nitrogens with one attached hydrogen (secondary N) is 1. The highest BCUT2D eigenvalue weighted by molar-refractivity contribution is 7.89. The third-order valence-corrected chi connectivity index (χ3v) is 5.60. The Labute approximate surface area is 120 Å². The fourth-order valence-electron chi connectivity index (χ4n) is 2.40. The summed E-state index contributed by atoms with van der Waals surface area (Å²) in [6.45, 7) is 3.83. The van der Waals surface area contributed by atoms with Gasteiger partial charge in [0.2, 0.25) is 10.0 Å². The summed E-state index contributed by atoms with van der Waals surface area (Å²) in [7, 11) is -3.04. The summed E-state index contributed by atoms with van der Waals surface area (Å²) < 4.78 is 25.5. The molecule has 1 aliphatic heterocycles. The van der Waals surface area contributed by atoms with Crippen LogP contribution in [0.25, 0.3) is 0 Å². The molecule has 0 saturated carbocycles. The molecule has 1 N–H and O–H groups in total. The molecule has 0 unspecified atom stereocenters. The van der Waals surface area contributed by atoms with Crippen LogP contribution in [0.4, 0.5) is 0 Å². The Morgan fingerprint density at radius 2 is 2.15 bits per heavy atom. The van der Waals surface area contributed by atoms with Gasteiger partial charge in [-0.25, -0.2) is 22.7 Å². The minimum Gasteiger partial charge on any atom is -0.308 e. The summed E-state index contributed by atoms with van der Waals surface area (Å²) in [4.78, 5) is 8.04. The summed E-state index contributed by atoms with van der Waals surface area (Å²) in [6.07, 6.45) is 5.65. The van der Waals surface area contributed by atoms with Crippen molar-refractivity contribution in [3.8, 4) is 0 Å². The fraction of sp³-hybridized carbons (Fsp3) is 0.692. The van der Waals surface area contributed by atoms with Crippen molar-refractivity contribution in [1.29, 1.82) is 0 Å². The van der Waals surface area contributed by atoms with E-state index >= 15 is 0 Å². The molecule has 20 heavy (non-hydrogen) atoms. The average molecular weight is 298 g/mol. The van der Waals surface area contributed by atoms with E-state index in [1.54, 1.807) is 10.5 Å². The Morgan fingerprint density at radius 1 is 1.40 bits per heavy atom. The van der Waals surface area contributed by atoms with Crippen molar-refractivity contribution in [2.75, 3.05) is 18.8 Å². The first-order valence-electron chi connectivity index (χ1n) is 7.08. The van der Waals surface area contributed by atoms with Crippen molar-refractivity contribution in [3.63, 3.8) is 0 Å². The van der Waals surface area contributed by atoms with Crippen LogP contribution < -0.4 is 5.32 Å². The van der Waals surface area contributed by atoms with E-state index in [2.05, 4.69) is 15.3 Å². The van der Waals surface area contributed by atoms with Crippen molar-refractivity contribution in [3.05, 3.63) is 24.3 Å². The number of nitrogens with zero attached hydrogens (tertiary/aromatic N) is 3. The highest BCUT2D eigenvalue weighted by Crippen LogP contribution is 2.15. The van der Waals surface area contributed by atoms with Crippen molar-refractivity contribution in [1.82, 2.24) is 19.6 Å². The summed E-state index contributed by atoms with van der Waals surface area (Å²) in [5, 5.41) is 3.43. The van der Waals surface area contributed by atoms with Crippen molar-refractivity contribution >= 4 is 10.0 Å². The Morgan fingerprint density at radius 3 is 2.75 bits per heavy atom. The standard InChI is InChI=1S/C13H22N4O2S/c1-2-9-20(18,19)17-7-4-12(5-8-17)15-10-13-3-6-14-11-16-13/h3,6,11-12,15H,2,4-5,7-10H2,1H3. The van der Waals surface area contributed by atoms with Crippen LogP contribution in [-0.4, -0.2) is 47.6 Å². The second-order valence-corrected chi connectivity index (χ2v) is 7.16. The maximum atomic E-state index is 12.0. The first-order chi connectivity index (χ1) is 9.62. The van der Waals surface area contributed by atoms with Crippen LogP contribution in [0.5, 0.6) is 0 Å². The molecule has 1 saturated heterocycles. The van der Waals surface area contributed by atoms with Crippen molar-refractivity contribution in [2.45, 2.75) is 38.8 Å². The van der Waals surface area contributed by atoms with Gasteiger partial charge in [-0.1, -0.05) is 6.92 Å². The monoisotopic (exact) mass is 298 g/mol. The third kappa shape index (κ3) is 4.22. The summed E-state index contributed by atoms with van der Waals surface area (Å²) in [6, 6.07) is 2.24.